The predicted octanol–water partition coefficient (Wildman–Crippen LogP) is 1.98. The van der Waals surface area contributed by atoms with Gasteiger partial charge < -0.3 is 9.31 Å². The van der Waals surface area contributed by atoms with Crippen LogP contribution in [0.15, 0.2) is 12.3 Å². The molecular formula is C13H23BN2O2. The predicted molar refractivity (Wildman–Crippen MR) is 72.9 cm³/mol. The Morgan fingerprint density at radius 2 is 1.83 bits per heavy atom. The largest absolute Gasteiger partial charge is 0.514 e. The number of aromatic nitrogens is 2. The summed E-state index contributed by atoms with van der Waals surface area (Å²) >= 11 is 0. The Morgan fingerprint density at radius 1 is 1.22 bits per heavy atom. The van der Waals surface area contributed by atoms with Gasteiger partial charge >= 0.3 is 7.12 Å². The lowest BCUT2D eigenvalue weighted by Gasteiger charge is -2.32. The molecule has 1 aliphatic rings. The minimum absolute atomic E-state index is 0.294. The van der Waals surface area contributed by atoms with E-state index in [4.69, 9.17) is 9.31 Å². The van der Waals surface area contributed by atoms with Crippen molar-refractivity contribution in [2.45, 2.75) is 65.2 Å². The molecule has 0 spiro atoms. The monoisotopic (exact) mass is 250 g/mol. The van der Waals surface area contributed by atoms with E-state index in [1.54, 1.807) is 0 Å². The van der Waals surface area contributed by atoms with E-state index in [9.17, 15) is 0 Å². The van der Waals surface area contributed by atoms with Crippen LogP contribution in [0.5, 0.6) is 0 Å². The lowest BCUT2D eigenvalue weighted by molar-refractivity contribution is 0.00578. The van der Waals surface area contributed by atoms with Gasteiger partial charge in [0.15, 0.2) is 0 Å². The number of hydrogen-bond donors (Lipinski definition) is 0. The van der Waals surface area contributed by atoms with Gasteiger partial charge in [0, 0.05) is 12.7 Å². The van der Waals surface area contributed by atoms with Gasteiger partial charge in [0.2, 0.25) is 0 Å². The van der Waals surface area contributed by atoms with Crippen molar-refractivity contribution in [1.29, 1.82) is 0 Å². The standard InChI is InChI=1S/C13H23BN2O2/c1-6-7-10-16-11(8-9-15-16)14-17-12(2,3)13(4,5)18-14/h8-9H,6-7,10H2,1-5H3. The number of rotatable bonds is 4. The van der Waals surface area contributed by atoms with Crippen LogP contribution < -0.4 is 5.59 Å². The van der Waals surface area contributed by atoms with Gasteiger partial charge in [0.05, 0.1) is 16.8 Å². The highest BCUT2D eigenvalue weighted by Crippen LogP contribution is 2.36. The SMILES string of the molecule is CCCCn1nccc1B1OC(C)(C)C(C)(C)O1. The zero-order valence-electron chi connectivity index (χ0n) is 12.1. The maximum absolute atomic E-state index is 6.05. The van der Waals surface area contributed by atoms with E-state index in [1.165, 1.54) is 0 Å². The van der Waals surface area contributed by atoms with Gasteiger partial charge in [-0.1, -0.05) is 13.3 Å². The van der Waals surface area contributed by atoms with Crippen molar-refractivity contribution in [3.8, 4) is 0 Å². The van der Waals surface area contributed by atoms with E-state index in [0.717, 1.165) is 25.0 Å². The molecule has 1 aliphatic heterocycles. The molecule has 1 aromatic rings. The Hall–Kier alpha value is -0.805. The minimum Gasteiger partial charge on any atom is -0.398 e. The first-order valence-electron chi connectivity index (χ1n) is 6.75. The molecule has 0 atom stereocenters. The maximum atomic E-state index is 6.05. The third-order valence-electron chi connectivity index (χ3n) is 3.97. The van der Waals surface area contributed by atoms with E-state index in [2.05, 4.69) is 39.7 Å². The summed E-state index contributed by atoms with van der Waals surface area (Å²) in [6.45, 7) is 11.4. The fraction of sp³-hybridized carbons (Fsp3) is 0.769. The highest BCUT2D eigenvalue weighted by molar-refractivity contribution is 6.61. The van der Waals surface area contributed by atoms with Gasteiger partial charge in [-0.15, -0.1) is 0 Å². The zero-order valence-corrected chi connectivity index (χ0v) is 12.1. The second-order valence-electron chi connectivity index (χ2n) is 5.92. The zero-order chi connectivity index (χ0) is 13.4. The van der Waals surface area contributed by atoms with E-state index in [1.807, 2.05) is 16.9 Å². The molecule has 0 aromatic carbocycles. The van der Waals surface area contributed by atoms with Crippen molar-refractivity contribution >= 4 is 12.7 Å². The van der Waals surface area contributed by atoms with Crippen LogP contribution in [-0.2, 0) is 15.9 Å². The molecule has 0 saturated carbocycles. The van der Waals surface area contributed by atoms with Crippen molar-refractivity contribution in [3.05, 3.63) is 12.3 Å². The second kappa shape index (κ2) is 4.70. The smallest absolute Gasteiger partial charge is 0.398 e. The Bertz CT molecular complexity index is 399. The molecule has 1 aromatic heterocycles. The van der Waals surface area contributed by atoms with Crippen molar-refractivity contribution in [3.63, 3.8) is 0 Å². The number of aryl methyl sites for hydroxylation is 1. The molecule has 0 radical (unpaired) electrons. The van der Waals surface area contributed by atoms with E-state index in [0.29, 0.717) is 0 Å². The Morgan fingerprint density at radius 3 is 2.39 bits per heavy atom. The summed E-state index contributed by atoms with van der Waals surface area (Å²) in [6.07, 6.45) is 4.09. The normalized spacial score (nSPS) is 21.5. The summed E-state index contributed by atoms with van der Waals surface area (Å²) in [5.74, 6) is 0. The van der Waals surface area contributed by atoms with Crippen LogP contribution in [0.3, 0.4) is 0 Å². The molecule has 0 bridgehead atoms. The first kappa shape index (κ1) is 13.6. The van der Waals surface area contributed by atoms with Crippen LogP contribution in [0.1, 0.15) is 47.5 Å². The average molecular weight is 250 g/mol. The molecule has 18 heavy (non-hydrogen) atoms. The lowest BCUT2D eigenvalue weighted by atomic mass is 9.84. The summed E-state index contributed by atoms with van der Waals surface area (Å²) in [5, 5.41) is 4.35. The molecule has 4 nitrogen and oxygen atoms in total. The number of nitrogens with zero attached hydrogens (tertiary/aromatic N) is 2. The van der Waals surface area contributed by atoms with Crippen LogP contribution in [0.25, 0.3) is 0 Å². The van der Waals surface area contributed by atoms with Crippen LogP contribution in [0.2, 0.25) is 0 Å². The minimum atomic E-state index is -0.311. The van der Waals surface area contributed by atoms with Gasteiger partial charge in [0.25, 0.3) is 0 Å². The Balaban J connectivity index is 2.17. The summed E-state index contributed by atoms with van der Waals surface area (Å²) in [7, 11) is -0.311. The number of hydrogen-bond acceptors (Lipinski definition) is 3. The summed E-state index contributed by atoms with van der Waals surface area (Å²) < 4.78 is 14.1. The third kappa shape index (κ3) is 2.34. The first-order valence-corrected chi connectivity index (χ1v) is 6.75. The van der Waals surface area contributed by atoms with E-state index in [-0.39, 0.29) is 18.3 Å². The van der Waals surface area contributed by atoms with Gasteiger partial charge in [-0.25, -0.2) is 0 Å². The van der Waals surface area contributed by atoms with Gasteiger partial charge in [-0.05, 0) is 40.2 Å². The molecule has 0 unspecified atom stereocenters. The van der Waals surface area contributed by atoms with Crippen molar-refractivity contribution in [2.75, 3.05) is 0 Å². The molecule has 2 heterocycles. The molecule has 2 rings (SSSR count). The molecule has 5 heteroatoms. The molecule has 0 amide bonds. The van der Waals surface area contributed by atoms with E-state index < -0.39 is 0 Å². The molecule has 1 saturated heterocycles. The third-order valence-corrected chi connectivity index (χ3v) is 3.97. The fourth-order valence-electron chi connectivity index (χ4n) is 2.00. The molecule has 0 aliphatic carbocycles. The first-order chi connectivity index (χ1) is 8.37. The van der Waals surface area contributed by atoms with Gasteiger partial charge in [0.1, 0.15) is 0 Å². The van der Waals surface area contributed by atoms with Crippen LogP contribution in [0.4, 0.5) is 0 Å². The molecule has 1 fully saturated rings. The number of unbranched alkanes of at least 4 members (excludes halogenated alkanes) is 1. The average Bonchev–Trinajstić information content (AvgIpc) is 2.79. The van der Waals surface area contributed by atoms with Crippen molar-refractivity contribution in [2.24, 2.45) is 0 Å². The molecule has 0 N–H and O–H groups in total. The maximum Gasteiger partial charge on any atom is 0.514 e. The summed E-state index contributed by atoms with van der Waals surface area (Å²) in [6, 6.07) is 1.98. The Labute approximate surface area is 110 Å². The van der Waals surface area contributed by atoms with Crippen LogP contribution in [-0.4, -0.2) is 28.1 Å². The summed E-state index contributed by atoms with van der Waals surface area (Å²) in [4.78, 5) is 0. The van der Waals surface area contributed by atoms with Crippen LogP contribution in [0, 0.1) is 0 Å². The lowest BCUT2D eigenvalue weighted by Crippen LogP contribution is -2.41. The highest BCUT2D eigenvalue weighted by atomic mass is 16.7. The summed E-state index contributed by atoms with van der Waals surface area (Å²) in [5.41, 5.74) is 0.428. The van der Waals surface area contributed by atoms with Crippen molar-refractivity contribution in [1.82, 2.24) is 9.78 Å². The van der Waals surface area contributed by atoms with Crippen LogP contribution >= 0.6 is 0 Å². The quantitative estimate of drug-likeness (QED) is 0.766. The van der Waals surface area contributed by atoms with E-state index >= 15 is 0 Å². The highest BCUT2D eigenvalue weighted by Gasteiger charge is 2.52. The van der Waals surface area contributed by atoms with Gasteiger partial charge in [-0.3, -0.25) is 4.68 Å². The molecule has 100 valence electrons. The topological polar surface area (TPSA) is 36.3 Å². The Kier molecular flexibility index (Phi) is 3.56. The second-order valence-corrected chi connectivity index (χ2v) is 5.92. The van der Waals surface area contributed by atoms with Gasteiger partial charge in [-0.2, -0.15) is 5.10 Å². The van der Waals surface area contributed by atoms with Crippen molar-refractivity contribution < 1.29 is 9.31 Å². The fourth-order valence-corrected chi connectivity index (χ4v) is 2.00. The molecular weight excluding hydrogens is 227 g/mol.